The minimum atomic E-state index is -0.220. The SMILES string of the molecule is COC(CN)CC(=O)N[C@@H](C)c1ccc(Br)cc1. The Hall–Kier alpha value is -0.910. The average molecular weight is 315 g/mol. The zero-order chi connectivity index (χ0) is 13.5. The molecule has 0 aliphatic rings. The van der Waals surface area contributed by atoms with Crippen LogP contribution in [0.3, 0.4) is 0 Å². The van der Waals surface area contributed by atoms with Crippen molar-refractivity contribution in [2.24, 2.45) is 5.73 Å². The Bertz CT molecular complexity index is 377. The molecule has 3 N–H and O–H groups in total. The van der Waals surface area contributed by atoms with E-state index in [1.165, 1.54) is 0 Å². The Morgan fingerprint density at radius 2 is 2.06 bits per heavy atom. The first-order valence-electron chi connectivity index (χ1n) is 5.84. The highest BCUT2D eigenvalue weighted by atomic mass is 79.9. The number of halogens is 1. The Morgan fingerprint density at radius 3 is 2.56 bits per heavy atom. The van der Waals surface area contributed by atoms with Crippen LogP contribution in [0.1, 0.15) is 24.9 Å². The molecule has 0 saturated carbocycles. The molecule has 18 heavy (non-hydrogen) atoms. The minimum Gasteiger partial charge on any atom is -0.380 e. The third-order valence-corrected chi connectivity index (χ3v) is 3.29. The van der Waals surface area contributed by atoms with Crippen molar-refractivity contribution in [2.75, 3.05) is 13.7 Å². The summed E-state index contributed by atoms with van der Waals surface area (Å²) in [6, 6.07) is 7.84. The summed E-state index contributed by atoms with van der Waals surface area (Å²) in [7, 11) is 1.56. The standard InChI is InChI=1S/C13H19BrN2O2/c1-9(10-3-5-11(14)6-4-10)16-13(17)7-12(8-15)18-2/h3-6,9,12H,7-8,15H2,1-2H3,(H,16,17)/t9-,12?/m0/s1. The third-order valence-electron chi connectivity index (χ3n) is 2.76. The van der Waals surface area contributed by atoms with Crippen LogP contribution in [0.25, 0.3) is 0 Å². The summed E-state index contributed by atoms with van der Waals surface area (Å²) in [5.41, 5.74) is 6.54. The molecule has 1 aromatic rings. The van der Waals surface area contributed by atoms with Gasteiger partial charge in [0.05, 0.1) is 18.6 Å². The van der Waals surface area contributed by atoms with Crippen molar-refractivity contribution in [3.05, 3.63) is 34.3 Å². The van der Waals surface area contributed by atoms with Gasteiger partial charge in [-0.1, -0.05) is 28.1 Å². The van der Waals surface area contributed by atoms with Crippen LogP contribution in [0.4, 0.5) is 0 Å². The molecule has 1 aromatic carbocycles. The third kappa shape index (κ3) is 4.76. The Balaban J connectivity index is 2.51. The molecule has 2 atom stereocenters. The normalized spacial score (nSPS) is 14.0. The Morgan fingerprint density at radius 1 is 1.44 bits per heavy atom. The Labute approximate surface area is 116 Å². The summed E-state index contributed by atoms with van der Waals surface area (Å²) >= 11 is 3.38. The van der Waals surface area contributed by atoms with E-state index in [0.717, 1.165) is 10.0 Å². The molecule has 5 heteroatoms. The van der Waals surface area contributed by atoms with Crippen LogP contribution < -0.4 is 11.1 Å². The van der Waals surface area contributed by atoms with E-state index < -0.39 is 0 Å². The maximum absolute atomic E-state index is 11.8. The maximum atomic E-state index is 11.8. The molecule has 0 fully saturated rings. The predicted octanol–water partition coefficient (Wildman–Crippen LogP) is 1.99. The predicted molar refractivity (Wildman–Crippen MR) is 75.2 cm³/mol. The molecule has 100 valence electrons. The number of ether oxygens (including phenoxy) is 1. The first-order valence-corrected chi connectivity index (χ1v) is 6.63. The van der Waals surface area contributed by atoms with Crippen molar-refractivity contribution < 1.29 is 9.53 Å². The lowest BCUT2D eigenvalue weighted by Gasteiger charge is -2.17. The Kier molecular flexibility index (Phi) is 6.32. The van der Waals surface area contributed by atoms with E-state index in [1.807, 2.05) is 31.2 Å². The van der Waals surface area contributed by atoms with Crippen LogP contribution in [0, 0.1) is 0 Å². The van der Waals surface area contributed by atoms with Crippen molar-refractivity contribution in [2.45, 2.75) is 25.5 Å². The minimum absolute atomic E-state index is 0.0270. The number of hydrogen-bond donors (Lipinski definition) is 2. The summed E-state index contributed by atoms with van der Waals surface area (Å²) in [6.45, 7) is 2.29. The van der Waals surface area contributed by atoms with Crippen LogP contribution in [0.5, 0.6) is 0 Å². The largest absolute Gasteiger partial charge is 0.380 e. The fourth-order valence-corrected chi connectivity index (χ4v) is 1.87. The number of nitrogens with two attached hydrogens (primary N) is 1. The van der Waals surface area contributed by atoms with Gasteiger partial charge in [-0.15, -0.1) is 0 Å². The zero-order valence-electron chi connectivity index (χ0n) is 10.7. The van der Waals surface area contributed by atoms with Gasteiger partial charge in [-0.3, -0.25) is 4.79 Å². The van der Waals surface area contributed by atoms with Gasteiger partial charge in [0.25, 0.3) is 0 Å². The van der Waals surface area contributed by atoms with E-state index in [-0.39, 0.29) is 24.5 Å². The highest BCUT2D eigenvalue weighted by molar-refractivity contribution is 9.10. The van der Waals surface area contributed by atoms with Gasteiger partial charge >= 0.3 is 0 Å². The van der Waals surface area contributed by atoms with Gasteiger partial charge in [-0.05, 0) is 24.6 Å². The van der Waals surface area contributed by atoms with Gasteiger partial charge in [-0.2, -0.15) is 0 Å². The summed E-state index contributed by atoms with van der Waals surface area (Å²) in [5.74, 6) is -0.0530. The second-order valence-electron chi connectivity index (χ2n) is 4.14. The highest BCUT2D eigenvalue weighted by Gasteiger charge is 2.14. The lowest BCUT2D eigenvalue weighted by molar-refractivity contribution is -0.124. The smallest absolute Gasteiger partial charge is 0.223 e. The molecular weight excluding hydrogens is 296 g/mol. The first kappa shape index (κ1) is 15.1. The molecule has 4 nitrogen and oxygen atoms in total. The zero-order valence-corrected chi connectivity index (χ0v) is 12.2. The van der Waals surface area contributed by atoms with Gasteiger partial charge in [0.2, 0.25) is 5.91 Å². The van der Waals surface area contributed by atoms with Crippen LogP contribution in [0.15, 0.2) is 28.7 Å². The fraction of sp³-hybridized carbons (Fsp3) is 0.462. The van der Waals surface area contributed by atoms with Gasteiger partial charge in [-0.25, -0.2) is 0 Å². The molecule has 0 heterocycles. The molecule has 1 unspecified atom stereocenters. The molecule has 0 aromatic heterocycles. The summed E-state index contributed by atoms with van der Waals surface area (Å²) < 4.78 is 6.10. The molecule has 1 amide bonds. The van der Waals surface area contributed by atoms with E-state index in [2.05, 4.69) is 21.2 Å². The topological polar surface area (TPSA) is 64.3 Å². The van der Waals surface area contributed by atoms with E-state index >= 15 is 0 Å². The van der Waals surface area contributed by atoms with E-state index in [4.69, 9.17) is 10.5 Å². The van der Waals surface area contributed by atoms with Gasteiger partial charge < -0.3 is 15.8 Å². The number of carbonyl (C=O) groups is 1. The second kappa shape index (κ2) is 7.51. The highest BCUT2D eigenvalue weighted by Crippen LogP contribution is 2.16. The first-order chi connectivity index (χ1) is 8.56. The lowest BCUT2D eigenvalue weighted by atomic mass is 10.1. The van der Waals surface area contributed by atoms with E-state index in [1.54, 1.807) is 7.11 Å². The fourth-order valence-electron chi connectivity index (χ4n) is 1.60. The number of hydrogen-bond acceptors (Lipinski definition) is 3. The summed E-state index contributed by atoms with van der Waals surface area (Å²) in [5, 5.41) is 2.92. The molecule has 0 saturated heterocycles. The molecule has 1 rings (SSSR count). The average Bonchev–Trinajstić information content (AvgIpc) is 2.36. The van der Waals surface area contributed by atoms with Crippen LogP contribution in [-0.2, 0) is 9.53 Å². The number of amides is 1. The maximum Gasteiger partial charge on any atom is 0.223 e. The van der Waals surface area contributed by atoms with E-state index in [0.29, 0.717) is 6.54 Å². The molecule has 0 aliphatic carbocycles. The van der Waals surface area contributed by atoms with Crippen LogP contribution in [-0.4, -0.2) is 25.7 Å². The van der Waals surface area contributed by atoms with Crippen molar-refractivity contribution >= 4 is 21.8 Å². The monoisotopic (exact) mass is 314 g/mol. The van der Waals surface area contributed by atoms with Gasteiger partial charge in [0.1, 0.15) is 0 Å². The van der Waals surface area contributed by atoms with Crippen LogP contribution in [0.2, 0.25) is 0 Å². The molecular formula is C13H19BrN2O2. The van der Waals surface area contributed by atoms with Gasteiger partial charge in [0.15, 0.2) is 0 Å². The molecule has 0 radical (unpaired) electrons. The number of carbonyl (C=O) groups excluding carboxylic acids is 1. The number of rotatable bonds is 6. The summed E-state index contributed by atoms with van der Waals surface area (Å²) in [4.78, 5) is 11.8. The van der Waals surface area contributed by atoms with Crippen molar-refractivity contribution in [3.8, 4) is 0 Å². The van der Waals surface area contributed by atoms with Crippen molar-refractivity contribution in [1.29, 1.82) is 0 Å². The lowest BCUT2D eigenvalue weighted by Crippen LogP contribution is -2.33. The molecule has 0 bridgehead atoms. The summed E-state index contributed by atoms with van der Waals surface area (Å²) in [6.07, 6.45) is 0.0653. The number of nitrogens with one attached hydrogen (secondary N) is 1. The van der Waals surface area contributed by atoms with Crippen molar-refractivity contribution in [1.82, 2.24) is 5.32 Å². The van der Waals surface area contributed by atoms with E-state index in [9.17, 15) is 4.79 Å². The number of methoxy groups -OCH3 is 1. The van der Waals surface area contributed by atoms with Gasteiger partial charge in [0, 0.05) is 18.1 Å². The van der Waals surface area contributed by atoms with Crippen LogP contribution >= 0.6 is 15.9 Å². The molecule has 0 spiro atoms. The van der Waals surface area contributed by atoms with Crippen molar-refractivity contribution in [3.63, 3.8) is 0 Å². The number of benzene rings is 1. The molecule has 0 aliphatic heterocycles. The second-order valence-corrected chi connectivity index (χ2v) is 5.05. The quantitative estimate of drug-likeness (QED) is 0.844.